The molecule has 1 aliphatic heterocycles. The monoisotopic (exact) mass is 430 g/mol. The molecule has 1 aliphatic rings. The van der Waals surface area contributed by atoms with E-state index in [0.717, 1.165) is 16.9 Å². The number of hydrogen-bond acceptors (Lipinski definition) is 4. The number of benzene rings is 3. The number of amides is 2. The van der Waals surface area contributed by atoms with Gasteiger partial charge in [-0.2, -0.15) is 0 Å². The fourth-order valence-corrected chi connectivity index (χ4v) is 3.64. The lowest BCUT2D eigenvalue weighted by molar-refractivity contribution is -0.138. The highest BCUT2D eigenvalue weighted by Crippen LogP contribution is 2.28. The zero-order chi connectivity index (χ0) is 22.3. The number of rotatable bonds is 7. The van der Waals surface area contributed by atoms with Crippen LogP contribution in [0, 0.1) is 0 Å². The normalized spacial score (nSPS) is 15.3. The van der Waals surface area contributed by atoms with Crippen molar-refractivity contribution in [1.29, 1.82) is 0 Å². The molecular formula is C26H26N2O4. The van der Waals surface area contributed by atoms with Gasteiger partial charge in [-0.15, -0.1) is 0 Å². The molecule has 6 heteroatoms. The molecule has 0 saturated carbocycles. The van der Waals surface area contributed by atoms with Gasteiger partial charge in [-0.1, -0.05) is 48.5 Å². The van der Waals surface area contributed by atoms with E-state index in [0.29, 0.717) is 37.6 Å². The number of fused-ring (bicyclic) bond motifs is 1. The van der Waals surface area contributed by atoms with Crippen LogP contribution in [0.15, 0.2) is 78.9 Å². The van der Waals surface area contributed by atoms with Crippen molar-refractivity contribution in [2.24, 2.45) is 0 Å². The maximum absolute atomic E-state index is 12.8. The van der Waals surface area contributed by atoms with Crippen molar-refractivity contribution in [3.8, 4) is 11.5 Å². The summed E-state index contributed by atoms with van der Waals surface area (Å²) in [5.41, 5.74) is 2.47. The highest BCUT2D eigenvalue weighted by atomic mass is 16.5. The SMILES string of the molecule is CC1Oc2ccc(NC(=O)Cc3ccccc3)cc2CN(CCOc2ccccc2)C1=O. The van der Waals surface area contributed by atoms with E-state index < -0.39 is 6.10 Å². The van der Waals surface area contributed by atoms with E-state index >= 15 is 0 Å². The van der Waals surface area contributed by atoms with E-state index in [1.165, 1.54) is 0 Å². The van der Waals surface area contributed by atoms with Gasteiger partial charge in [0.2, 0.25) is 5.91 Å². The van der Waals surface area contributed by atoms with Crippen LogP contribution in [0.25, 0.3) is 0 Å². The van der Waals surface area contributed by atoms with Gasteiger partial charge < -0.3 is 19.7 Å². The Balaban J connectivity index is 1.42. The lowest BCUT2D eigenvalue weighted by Gasteiger charge is -2.22. The molecule has 1 atom stereocenters. The molecule has 1 heterocycles. The molecular weight excluding hydrogens is 404 g/mol. The summed E-state index contributed by atoms with van der Waals surface area (Å²) in [5, 5.41) is 2.94. The number of nitrogens with zero attached hydrogens (tertiary/aromatic N) is 1. The molecule has 0 bridgehead atoms. The van der Waals surface area contributed by atoms with Crippen LogP contribution in [0.2, 0.25) is 0 Å². The Hall–Kier alpha value is -3.80. The van der Waals surface area contributed by atoms with E-state index in [2.05, 4.69) is 5.32 Å². The third kappa shape index (κ3) is 5.46. The molecule has 0 aliphatic carbocycles. The van der Waals surface area contributed by atoms with Gasteiger partial charge in [0.05, 0.1) is 13.0 Å². The van der Waals surface area contributed by atoms with Crippen molar-refractivity contribution in [3.05, 3.63) is 90.0 Å². The Morgan fingerprint density at radius 3 is 2.53 bits per heavy atom. The van der Waals surface area contributed by atoms with Gasteiger partial charge in [0, 0.05) is 17.8 Å². The van der Waals surface area contributed by atoms with Crippen LogP contribution in [-0.2, 0) is 22.6 Å². The Bertz CT molecular complexity index is 1070. The average Bonchev–Trinajstić information content (AvgIpc) is 2.91. The summed E-state index contributed by atoms with van der Waals surface area (Å²) in [4.78, 5) is 27.0. The first kappa shape index (κ1) is 21.4. The maximum atomic E-state index is 12.8. The molecule has 4 rings (SSSR count). The summed E-state index contributed by atoms with van der Waals surface area (Å²) in [7, 11) is 0. The molecule has 1 unspecified atom stereocenters. The van der Waals surface area contributed by atoms with Crippen molar-refractivity contribution in [3.63, 3.8) is 0 Å². The molecule has 1 N–H and O–H groups in total. The minimum absolute atomic E-state index is 0.0903. The smallest absolute Gasteiger partial charge is 0.263 e. The van der Waals surface area contributed by atoms with Crippen LogP contribution >= 0.6 is 0 Å². The van der Waals surface area contributed by atoms with E-state index in [1.807, 2.05) is 66.7 Å². The molecule has 164 valence electrons. The number of ether oxygens (including phenoxy) is 2. The summed E-state index contributed by atoms with van der Waals surface area (Å²) in [5.74, 6) is 1.23. The van der Waals surface area contributed by atoms with E-state index in [1.54, 1.807) is 24.0 Å². The maximum Gasteiger partial charge on any atom is 0.263 e. The molecule has 2 amide bonds. The molecule has 3 aromatic carbocycles. The van der Waals surface area contributed by atoms with Crippen molar-refractivity contribution >= 4 is 17.5 Å². The predicted molar refractivity (Wildman–Crippen MR) is 123 cm³/mol. The van der Waals surface area contributed by atoms with Gasteiger partial charge in [-0.3, -0.25) is 9.59 Å². The van der Waals surface area contributed by atoms with Crippen molar-refractivity contribution in [2.75, 3.05) is 18.5 Å². The summed E-state index contributed by atoms with van der Waals surface area (Å²) in [6.07, 6.45) is -0.293. The zero-order valence-electron chi connectivity index (χ0n) is 18.0. The Morgan fingerprint density at radius 1 is 1.06 bits per heavy atom. The largest absolute Gasteiger partial charge is 0.492 e. The molecule has 0 aromatic heterocycles. The number of hydrogen-bond donors (Lipinski definition) is 1. The molecule has 0 fully saturated rings. The van der Waals surface area contributed by atoms with Crippen LogP contribution in [0.4, 0.5) is 5.69 Å². The third-order valence-electron chi connectivity index (χ3n) is 5.25. The molecule has 0 spiro atoms. The first-order valence-corrected chi connectivity index (χ1v) is 10.7. The Kier molecular flexibility index (Phi) is 6.70. The van der Waals surface area contributed by atoms with Crippen molar-refractivity contribution in [1.82, 2.24) is 4.90 Å². The highest BCUT2D eigenvalue weighted by Gasteiger charge is 2.28. The average molecular weight is 431 g/mol. The van der Waals surface area contributed by atoms with Crippen LogP contribution < -0.4 is 14.8 Å². The first-order chi connectivity index (χ1) is 15.6. The third-order valence-corrected chi connectivity index (χ3v) is 5.25. The number of carbonyl (C=O) groups excluding carboxylic acids is 2. The minimum atomic E-state index is -0.591. The van der Waals surface area contributed by atoms with Gasteiger partial charge in [0.15, 0.2) is 6.10 Å². The van der Waals surface area contributed by atoms with Crippen molar-refractivity contribution in [2.45, 2.75) is 26.0 Å². The molecule has 32 heavy (non-hydrogen) atoms. The summed E-state index contributed by atoms with van der Waals surface area (Å²) in [6, 6.07) is 24.6. The lowest BCUT2D eigenvalue weighted by Crippen LogP contribution is -2.40. The Morgan fingerprint density at radius 2 is 1.78 bits per heavy atom. The zero-order valence-corrected chi connectivity index (χ0v) is 18.0. The van der Waals surface area contributed by atoms with E-state index in [9.17, 15) is 9.59 Å². The lowest BCUT2D eigenvalue weighted by atomic mass is 10.1. The quantitative estimate of drug-likeness (QED) is 0.614. The van der Waals surface area contributed by atoms with Gasteiger partial charge in [-0.05, 0) is 42.8 Å². The van der Waals surface area contributed by atoms with Gasteiger partial charge in [0.1, 0.15) is 18.1 Å². The van der Waals surface area contributed by atoms with Gasteiger partial charge in [-0.25, -0.2) is 0 Å². The first-order valence-electron chi connectivity index (χ1n) is 10.7. The molecule has 0 radical (unpaired) electrons. The van der Waals surface area contributed by atoms with Crippen LogP contribution in [0.5, 0.6) is 11.5 Å². The number of para-hydroxylation sites is 1. The van der Waals surface area contributed by atoms with Crippen molar-refractivity contribution < 1.29 is 19.1 Å². The Labute approximate surface area is 187 Å². The standard InChI is InChI=1S/C26H26N2O4/c1-19-26(30)28(14-15-31-23-10-6-3-7-11-23)18-21-17-22(12-13-24(21)32-19)27-25(29)16-20-8-4-2-5-9-20/h2-13,17,19H,14-16,18H2,1H3,(H,27,29). The van der Waals surface area contributed by atoms with E-state index in [4.69, 9.17) is 9.47 Å². The second-order valence-electron chi connectivity index (χ2n) is 7.71. The predicted octanol–water partition coefficient (Wildman–Crippen LogP) is 4.06. The molecule has 3 aromatic rings. The topological polar surface area (TPSA) is 67.9 Å². The van der Waals surface area contributed by atoms with Crippen LogP contribution in [0.1, 0.15) is 18.1 Å². The molecule has 6 nitrogen and oxygen atoms in total. The number of nitrogens with one attached hydrogen (secondary N) is 1. The fraction of sp³-hybridized carbons (Fsp3) is 0.231. The number of carbonyl (C=O) groups is 2. The second kappa shape index (κ2) is 10.0. The molecule has 0 saturated heterocycles. The van der Waals surface area contributed by atoms with E-state index in [-0.39, 0.29) is 11.8 Å². The fourth-order valence-electron chi connectivity index (χ4n) is 3.64. The summed E-state index contributed by atoms with van der Waals surface area (Å²) in [6.45, 7) is 2.95. The van der Waals surface area contributed by atoms with Crippen LogP contribution in [-0.4, -0.2) is 36.0 Å². The van der Waals surface area contributed by atoms with Gasteiger partial charge >= 0.3 is 0 Å². The van der Waals surface area contributed by atoms with Gasteiger partial charge in [0.25, 0.3) is 5.91 Å². The minimum Gasteiger partial charge on any atom is -0.492 e. The van der Waals surface area contributed by atoms with Crippen LogP contribution in [0.3, 0.4) is 0 Å². The highest BCUT2D eigenvalue weighted by molar-refractivity contribution is 5.92. The number of anilines is 1. The second-order valence-corrected chi connectivity index (χ2v) is 7.71. The summed E-state index contributed by atoms with van der Waals surface area (Å²) < 4.78 is 11.6. The summed E-state index contributed by atoms with van der Waals surface area (Å²) >= 11 is 0.